The Balaban J connectivity index is 1.77. The standard InChI is InChI=1S/C19H22O8/c20-13-7-5-11(6-8-13)9-12-3-1-2-4-14(12)26-19-18(23)17(22)16(21)15(27-19)10-25-24/h1-8,15-24H,9-10H2/t15-,16-,17+,18-,19-/m1/s1. The van der Waals surface area contributed by atoms with Crippen molar-refractivity contribution in [3.63, 3.8) is 0 Å². The van der Waals surface area contributed by atoms with Crippen LogP contribution in [0.3, 0.4) is 0 Å². The number of ether oxygens (including phenoxy) is 2. The van der Waals surface area contributed by atoms with Gasteiger partial charge in [0, 0.05) is 6.42 Å². The number of benzene rings is 2. The van der Waals surface area contributed by atoms with Gasteiger partial charge in [-0.15, -0.1) is 0 Å². The molecule has 146 valence electrons. The molecule has 0 aromatic heterocycles. The molecule has 27 heavy (non-hydrogen) atoms. The maximum absolute atomic E-state index is 10.2. The Labute approximate surface area is 155 Å². The minimum absolute atomic E-state index is 0.173. The highest BCUT2D eigenvalue weighted by molar-refractivity contribution is 5.38. The maximum Gasteiger partial charge on any atom is 0.229 e. The summed E-state index contributed by atoms with van der Waals surface area (Å²) in [6, 6.07) is 13.9. The number of aliphatic hydroxyl groups excluding tert-OH is 3. The third kappa shape index (κ3) is 4.56. The molecule has 3 rings (SSSR count). The highest BCUT2D eigenvalue weighted by Crippen LogP contribution is 2.28. The average Bonchev–Trinajstić information content (AvgIpc) is 2.67. The molecule has 5 N–H and O–H groups in total. The van der Waals surface area contributed by atoms with Gasteiger partial charge in [-0.25, -0.2) is 4.89 Å². The zero-order chi connectivity index (χ0) is 19.4. The van der Waals surface area contributed by atoms with Gasteiger partial charge in [0.15, 0.2) is 0 Å². The first-order chi connectivity index (χ1) is 13.0. The van der Waals surface area contributed by atoms with Crippen molar-refractivity contribution in [2.45, 2.75) is 37.1 Å². The number of phenolic OH excluding ortho intramolecular Hbond substituents is 1. The van der Waals surface area contributed by atoms with Gasteiger partial charge in [-0.05, 0) is 29.3 Å². The molecule has 0 bridgehead atoms. The molecule has 8 heteroatoms. The van der Waals surface area contributed by atoms with Gasteiger partial charge in [-0.2, -0.15) is 0 Å². The van der Waals surface area contributed by atoms with Crippen molar-refractivity contribution in [3.05, 3.63) is 59.7 Å². The van der Waals surface area contributed by atoms with E-state index in [0.717, 1.165) is 11.1 Å². The Bertz CT molecular complexity index is 735. The highest BCUT2D eigenvalue weighted by atomic mass is 17.1. The zero-order valence-electron chi connectivity index (χ0n) is 14.4. The molecule has 0 saturated carbocycles. The lowest BCUT2D eigenvalue weighted by atomic mass is 9.99. The Morgan fingerprint density at radius 1 is 0.889 bits per heavy atom. The van der Waals surface area contributed by atoms with Crippen molar-refractivity contribution in [3.8, 4) is 11.5 Å². The molecule has 1 fully saturated rings. The molecule has 2 aromatic rings. The summed E-state index contributed by atoms with van der Waals surface area (Å²) >= 11 is 0. The number of hydrogen-bond acceptors (Lipinski definition) is 8. The van der Waals surface area contributed by atoms with Crippen molar-refractivity contribution >= 4 is 0 Å². The fourth-order valence-corrected chi connectivity index (χ4v) is 2.95. The number of aliphatic hydroxyl groups is 3. The number of para-hydroxylation sites is 1. The summed E-state index contributed by atoms with van der Waals surface area (Å²) in [6.07, 6.45) is -6.26. The van der Waals surface area contributed by atoms with E-state index in [0.29, 0.717) is 12.2 Å². The van der Waals surface area contributed by atoms with E-state index in [4.69, 9.17) is 14.7 Å². The van der Waals surface area contributed by atoms with Crippen LogP contribution >= 0.6 is 0 Å². The number of phenols is 1. The fraction of sp³-hybridized carbons (Fsp3) is 0.368. The van der Waals surface area contributed by atoms with Crippen LogP contribution in [0.15, 0.2) is 48.5 Å². The van der Waals surface area contributed by atoms with Crippen LogP contribution in [0.2, 0.25) is 0 Å². The van der Waals surface area contributed by atoms with E-state index < -0.39 is 30.7 Å². The van der Waals surface area contributed by atoms with Crippen LogP contribution < -0.4 is 4.74 Å². The maximum atomic E-state index is 10.2. The molecule has 0 amide bonds. The smallest absolute Gasteiger partial charge is 0.229 e. The van der Waals surface area contributed by atoms with Gasteiger partial charge in [-0.3, -0.25) is 5.26 Å². The van der Waals surface area contributed by atoms with E-state index in [2.05, 4.69) is 4.89 Å². The topological polar surface area (TPSA) is 129 Å². The van der Waals surface area contributed by atoms with E-state index in [1.807, 2.05) is 12.1 Å². The van der Waals surface area contributed by atoms with Crippen molar-refractivity contribution in [1.29, 1.82) is 0 Å². The molecule has 1 saturated heterocycles. The minimum Gasteiger partial charge on any atom is -0.508 e. The third-order valence-corrected chi connectivity index (χ3v) is 4.45. The molecule has 8 nitrogen and oxygen atoms in total. The van der Waals surface area contributed by atoms with Crippen LogP contribution in [0.1, 0.15) is 11.1 Å². The lowest BCUT2D eigenvalue weighted by Crippen LogP contribution is -2.60. The second kappa shape index (κ2) is 8.66. The number of hydrogen-bond donors (Lipinski definition) is 5. The van der Waals surface area contributed by atoms with Crippen LogP contribution in [0, 0.1) is 0 Å². The monoisotopic (exact) mass is 378 g/mol. The van der Waals surface area contributed by atoms with Crippen molar-refractivity contribution in [2.75, 3.05) is 6.61 Å². The van der Waals surface area contributed by atoms with E-state index >= 15 is 0 Å². The Hall–Kier alpha value is -2.20. The van der Waals surface area contributed by atoms with Gasteiger partial charge in [-0.1, -0.05) is 30.3 Å². The molecule has 0 aliphatic carbocycles. The average molecular weight is 378 g/mol. The summed E-state index contributed by atoms with van der Waals surface area (Å²) in [6.45, 7) is -0.389. The van der Waals surface area contributed by atoms with Crippen LogP contribution in [0.5, 0.6) is 11.5 Å². The molecule has 0 unspecified atom stereocenters. The van der Waals surface area contributed by atoms with E-state index in [-0.39, 0.29) is 12.4 Å². The molecule has 1 aliphatic rings. The first kappa shape index (κ1) is 19.6. The molecular weight excluding hydrogens is 356 g/mol. The van der Waals surface area contributed by atoms with Gasteiger partial charge >= 0.3 is 0 Å². The van der Waals surface area contributed by atoms with Crippen LogP contribution in [0.4, 0.5) is 0 Å². The lowest BCUT2D eigenvalue weighted by Gasteiger charge is -2.39. The second-order valence-corrected chi connectivity index (χ2v) is 6.38. The van der Waals surface area contributed by atoms with Crippen molar-refractivity contribution in [1.82, 2.24) is 0 Å². The van der Waals surface area contributed by atoms with E-state index in [1.54, 1.807) is 36.4 Å². The normalized spacial score (nSPS) is 28.1. The van der Waals surface area contributed by atoms with Gasteiger partial charge < -0.3 is 29.9 Å². The van der Waals surface area contributed by atoms with Crippen molar-refractivity contribution < 1.29 is 40.0 Å². The van der Waals surface area contributed by atoms with Gasteiger partial charge in [0.05, 0.1) is 0 Å². The van der Waals surface area contributed by atoms with Crippen LogP contribution in [-0.4, -0.2) is 63.0 Å². The molecule has 1 heterocycles. The van der Waals surface area contributed by atoms with Gasteiger partial charge in [0.25, 0.3) is 0 Å². The Morgan fingerprint density at radius 2 is 1.59 bits per heavy atom. The number of rotatable bonds is 6. The molecule has 2 aromatic carbocycles. The minimum atomic E-state index is -1.52. The summed E-state index contributed by atoms with van der Waals surface area (Å²) in [5.74, 6) is 0.605. The van der Waals surface area contributed by atoms with E-state index in [1.165, 1.54) is 0 Å². The first-order valence-electron chi connectivity index (χ1n) is 8.48. The van der Waals surface area contributed by atoms with Crippen molar-refractivity contribution in [2.24, 2.45) is 0 Å². The third-order valence-electron chi connectivity index (χ3n) is 4.45. The highest BCUT2D eigenvalue weighted by Gasteiger charge is 2.45. The zero-order valence-corrected chi connectivity index (χ0v) is 14.4. The number of aromatic hydroxyl groups is 1. The molecular formula is C19H22O8. The largest absolute Gasteiger partial charge is 0.508 e. The summed E-state index contributed by atoms with van der Waals surface area (Å²) < 4.78 is 11.2. The fourth-order valence-electron chi connectivity index (χ4n) is 2.95. The Kier molecular flexibility index (Phi) is 6.27. The molecule has 0 radical (unpaired) electrons. The quantitative estimate of drug-likeness (QED) is 0.366. The first-order valence-corrected chi connectivity index (χ1v) is 8.48. The molecule has 1 aliphatic heterocycles. The Morgan fingerprint density at radius 3 is 2.30 bits per heavy atom. The summed E-state index contributed by atoms with van der Waals surface area (Å²) in [7, 11) is 0. The summed E-state index contributed by atoms with van der Waals surface area (Å²) in [4.78, 5) is 3.99. The summed E-state index contributed by atoms with van der Waals surface area (Å²) in [5.41, 5.74) is 1.74. The SMILES string of the molecule is OOC[C@H]1O[C@@H](Oc2ccccc2Cc2ccc(O)cc2)[C@H](O)[C@@H](O)[C@@H]1O. The van der Waals surface area contributed by atoms with Gasteiger partial charge in [0.1, 0.15) is 42.5 Å². The predicted octanol–water partition coefficient (Wildman–Crippen LogP) is 0.659. The molecule has 0 spiro atoms. The lowest BCUT2D eigenvalue weighted by molar-refractivity contribution is -0.318. The second-order valence-electron chi connectivity index (χ2n) is 6.38. The van der Waals surface area contributed by atoms with E-state index in [9.17, 15) is 20.4 Å². The van der Waals surface area contributed by atoms with Crippen LogP contribution in [-0.2, 0) is 16.0 Å². The van der Waals surface area contributed by atoms with Crippen LogP contribution in [0.25, 0.3) is 0 Å². The van der Waals surface area contributed by atoms with Gasteiger partial charge in [0.2, 0.25) is 6.29 Å². The summed E-state index contributed by atoms with van der Waals surface area (Å²) in [5, 5.41) is 48.1. The molecule has 5 atom stereocenters. The predicted molar refractivity (Wildman–Crippen MR) is 93.2 cm³/mol.